The Labute approximate surface area is 134 Å². The molecule has 0 saturated heterocycles. The maximum atomic E-state index is 13.1. The molecule has 0 heterocycles. The van der Waals surface area contributed by atoms with Crippen molar-refractivity contribution >= 4 is 38.9 Å². The van der Waals surface area contributed by atoms with Crippen molar-refractivity contribution in [2.75, 3.05) is 11.9 Å². The van der Waals surface area contributed by atoms with Gasteiger partial charge in [-0.3, -0.25) is 10.1 Å². The second-order valence-corrected chi connectivity index (χ2v) is 5.57. The molecule has 0 aliphatic carbocycles. The fraction of sp³-hybridized carbons (Fsp3) is 0.143. The van der Waals surface area contributed by atoms with Crippen LogP contribution in [0.5, 0.6) is 0 Å². The molecule has 0 aliphatic rings. The molecule has 0 atom stereocenters. The molecule has 110 valence electrons. The van der Waals surface area contributed by atoms with Gasteiger partial charge in [-0.15, -0.1) is 0 Å². The molecule has 0 fully saturated rings. The summed E-state index contributed by atoms with van der Waals surface area (Å²) in [4.78, 5) is 10.5. The average Bonchev–Trinajstić information content (AvgIpc) is 2.42. The molecular weight excluding hydrogens is 363 g/mol. The van der Waals surface area contributed by atoms with Crippen molar-refractivity contribution < 1.29 is 9.31 Å². The molecule has 2 aromatic carbocycles. The highest BCUT2D eigenvalue weighted by atomic mass is 79.9. The third-order valence-corrected chi connectivity index (χ3v) is 3.81. The Morgan fingerprint density at radius 1 is 1.33 bits per heavy atom. The molecule has 0 amide bonds. The molecular formula is C14H11BrClFN2O2. The van der Waals surface area contributed by atoms with Crippen LogP contribution in [0.1, 0.15) is 5.56 Å². The summed E-state index contributed by atoms with van der Waals surface area (Å²) in [6, 6.07) is 9.07. The van der Waals surface area contributed by atoms with Gasteiger partial charge in [-0.25, -0.2) is 4.39 Å². The Morgan fingerprint density at radius 2 is 2.05 bits per heavy atom. The molecule has 4 nitrogen and oxygen atoms in total. The second-order valence-electron chi connectivity index (χ2n) is 4.31. The highest BCUT2D eigenvalue weighted by molar-refractivity contribution is 9.10. The van der Waals surface area contributed by atoms with Crippen molar-refractivity contribution in [1.29, 1.82) is 0 Å². The van der Waals surface area contributed by atoms with Crippen LogP contribution in [-0.4, -0.2) is 11.5 Å². The van der Waals surface area contributed by atoms with E-state index in [0.29, 0.717) is 28.7 Å². The SMILES string of the molecule is O=[N+]([O-])c1ccccc1CCNc1c(Cl)cc(F)cc1Br. The van der Waals surface area contributed by atoms with E-state index in [9.17, 15) is 14.5 Å². The minimum atomic E-state index is -0.434. The van der Waals surface area contributed by atoms with E-state index in [0.717, 1.165) is 0 Å². The van der Waals surface area contributed by atoms with Crippen LogP contribution >= 0.6 is 27.5 Å². The zero-order chi connectivity index (χ0) is 15.4. The number of para-hydroxylation sites is 1. The van der Waals surface area contributed by atoms with Crippen molar-refractivity contribution in [3.05, 3.63) is 67.4 Å². The van der Waals surface area contributed by atoms with Crippen LogP contribution in [0.3, 0.4) is 0 Å². The molecule has 0 bridgehead atoms. The summed E-state index contributed by atoms with van der Waals surface area (Å²) in [6.45, 7) is 0.439. The number of nitro benzene ring substituents is 1. The summed E-state index contributed by atoms with van der Waals surface area (Å²) in [7, 11) is 0. The van der Waals surface area contributed by atoms with Gasteiger partial charge in [-0.1, -0.05) is 29.8 Å². The van der Waals surface area contributed by atoms with Gasteiger partial charge in [0.1, 0.15) is 5.82 Å². The smallest absolute Gasteiger partial charge is 0.272 e. The Morgan fingerprint density at radius 3 is 2.71 bits per heavy atom. The lowest BCUT2D eigenvalue weighted by Crippen LogP contribution is -2.07. The van der Waals surface area contributed by atoms with Crippen LogP contribution in [0.2, 0.25) is 5.02 Å². The van der Waals surface area contributed by atoms with Gasteiger partial charge in [0, 0.05) is 22.6 Å². The number of rotatable bonds is 5. The molecule has 0 aliphatic heterocycles. The first-order valence-corrected chi connectivity index (χ1v) is 7.27. The van der Waals surface area contributed by atoms with E-state index in [1.54, 1.807) is 18.2 Å². The average molecular weight is 374 g/mol. The van der Waals surface area contributed by atoms with E-state index in [-0.39, 0.29) is 10.7 Å². The fourth-order valence-corrected chi connectivity index (χ4v) is 2.89. The number of hydrogen-bond acceptors (Lipinski definition) is 3. The highest BCUT2D eigenvalue weighted by Gasteiger charge is 2.12. The molecule has 0 aromatic heterocycles. The standard InChI is InChI=1S/C14H11BrClFN2O2/c15-11-7-10(17)8-12(16)14(11)18-6-5-9-3-1-2-4-13(9)19(20)21/h1-4,7-8,18H,5-6H2. The zero-order valence-electron chi connectivity index (χ0n) is 10.8. The quantitative estimate of drug-likeness (QED) is 0.605. The summed E-state index contributed by atoms with van der Waals surface area (Å²) in [5.41, 5.74) is 1.28. The van der Waals surface area contributed by atoms with E-state index in [1.165, 1.54) is 18.2 Å². The Kier molecular flexibility index (Phi) is 5.14. The third-order valence-electron chi connectivity index (χ3n) is 2.89. The summed E-state index contributed by atoms with van der Waals surface area (Å²) in [5.74, 6) is -0.434. The first-order chi connectivity index (χ1) is 9.99. The van der Waals surface area contributed by atoms with Crippen LogP contribution in [0.25, 0.3) is 0 Å². The maximum Gasteiger partial charge on any atom is 0.272 e. The van der Waals surface area contributed by atoms with Gasteiger partial charge in [0.05, 0.1) is 15.6 Å². The molecule has 2 aromatic rings. The van der Waals surface area contributed by atoms with Gasteiger partial charge in [0.25, 0.3) is 5.69 Å². The molecule has 7 heteroatoms. The minimum Gasteiger partial charge on any atom is -0.383 e. The number of benzene rings is 2. The molecule has 0 radical (unpaired) electrons. The van der Waals surface area contributed by atoms with E-state index in [2.05, 4.69) is 21.2 Å². The van der Waals surface area contributed by atoms with E-state index < -0.39 is 10.7 Å². The Hall–Kier alpha value is -1.66. The normalized spacial score (nSPS) is 10.4. The van der Waals surface area contributed by atoms with Gasteiger partial charge in [0.15, 0.2) is 0 Å². The highest BCUT2D eigenvalue weighted by Crippen LogP contribution is 2.31. The Bertz CT molecular complexity index is 659. The van der Waals surface area contributed by atoms with Gasteiger partial charge >= 0.3 is 0 Å². The molecule has 21 heavy (non-hydrogen) atoms. The van der Waals surface area contributed by atoms with Gasteiger partial charge in [-0.05, 0) is 34.5 Å². The lowest BCUT2D eigenvalue weighted by atomic mass is 10.1. The van der Waals surface area contributed by atoms with Crippen molar-refractivity contribution in [3.63, 3.8) is 0 Å². The van der Waals surface area contributed by atoms with Crippen molar-refractivity contribution in [2.45, 2.75) is 6.42 Å². The largest absolute Gasteiger partial charge is 0.383 e. The minimum absolute atomic E-state index is 0.0866. The summed E-state index contributed by atoms with van der Waals surface area (Å²) in [6.07, 6.45) is 0.456. The fourth-order valence-electron chi connectivity index (χ4n) is 1.93. The Balaban J connectivity index is 2.08. The maximum absolute atomic E-state index is 13.1. The second kappa shape index (κ2) is 6.87. The van der Waals surface area contributed by atoms with Crippen LogP contribution in [0.4, 0.5) is 15.8 Å². The van der Waals surface area contributed by atoms with Crippen LogP contribution < -0.4 is 5.32 Å². The van der Waals surface area contributed by atoms with Crippen molar-refractivity contribution in [1.82, 2.24) is 0 Å². The van der Waals surface area contributed by atoms with Crippen molar-refractivity contribution in [3.8, 4) is 0 Å². The monoisotopic (exact) mass is 372 g/mol. The van der Waals surface area contributed by atoms with E-state index >= 15 is 0 Å². The summed E-state index contributed by atoms with van der Waals surface area (Å²) < 4.78 is 13.6. The molecule has 0 saturated carbocycles. The summed E-state index contributed by atoms with van der Waals surface area (Å²) in [5, 5.41) is 14.2. The number of hydrogen-bond donors (Lipinski definition) is 1. The lowest BCUT2D eigenvalue weighted by Gasteiger charge is -2.11. The van der Waals surface area contributed by atoms with Crippen LogP contribution in [0, 0.1) is 15.9 Å². The number of nitrogens with one attached hydrogen (secondary N) is 1. The molecule has 1 N–H and O–H groups in total. The van der Waals surface area contributed by atoms with E-state index in [4.69, 9.17) is 11.6 Å². The predicted molar refractivity (Wildman–Crippen MR) is 84.4 cm³/mol. The number of nitrogens with zero attached hydrogens (tertiary/aromatic N) is 1. The number of anilines is 1. The zero-order valence-corrected chi connectivity index (χ0v) is 13.1. The first-order valence-electron chi connectivity index (χ1n) is 6.09. The molecule has 0 unspecified atom stereocenters. The molecule has 0 spiro atoms. The van der Waals surface area contributed by atoms with Gasteiger partial charge < -0.3 is 5.32 Å². The number of nitro groups is 1. The van der Waals surface area contributed by atoms with Crippen LogP contribution in [0.15, 0.2) is 40.9 Å². The lowest BCUT2D eigenvalue weighted by molar-refractivity contribution is -0.385. The topological polar surface area (TPSA) is 55.2 Å². The van der Waals surface area contributed by atoms with E-state index in [1.807, 2.05) is 0 Å². The van der Waals surface area contributed by atoms with Crippen molar-refractivity contribution in [2.24, 2.45) is 0 Å². The third kappa shape index (κ3) is 3.92. The first kappa shape index (κ1) is 15.7. The predicted octanol–water partition coefficient (Wildman–Crippen LogP) is 4.80. The molecule has 2 rings (SSSR count). The number of halogens is 3. The summed E-state index contributed by atoms with van der Waals surface area (Å²) >= 11 is 9.18. The van der Waals surface area contributed by atoms with Gasteiger partial charge in [-0.2, -0.15) is 0 Å². The van der Waals surface area contributed by atoms with Gasteiger partial charge in [0.2, 0.25) is 0 Å². The van der Waals surface area contributed by atoms with Crippen LogP contribution in [-0.2, 0) is 6.42 Å².